The van der Waals surface area contributed by atoms with E-state index in [0.29, 0.717) is 24.7 Å². The molecule has 0 spiro atoms. The first-order chi connectivity index (χ1) is 11.6. The lowest BCUT2D eigenvalue weighted by atomic mass is 10.00. The Labute approximate surface area is 142 Å². The van der Waals surface area contributed by atoms with Crippen LogP contribution in [0.1, 0.15) is 15.9 Å². The molecule has 2 aromatic rings. The highest BCUT2D eigenvalue weighted by atomic mass is 35.5. The number of ether oxygens (including phenoxy) is 2. The highest BCUT2D eigenvalue weighted by molar-refractivity contribution is 6.29. The number of hydrogen-bond acceptors (Lipinski definition) is 4. The van der Waals surface area contributed by atoms with Gasteiger partial charge in [-0.15, -0.1) is 11.6 Å². The fourth-order valence-corrected chi connectivity index (χ4v) is 2.42. The van der Waals surface area contributed by atoms with Crippen LogP contribution >= 0.6 is 11.6 Å². The Morgan fingerprint density at radius 3 is 2.42 bits per heavy atom. The van der Waals surface area contributed by atoms with Gasteiger partial charge in [0.2, 0.25) is 5.91 Å². The van der Waals surface area contributed by atoms with E-state index >= 15 is 0 Å². The van der Waals surface area contributed by atoms with Crippen molar-refractivity contribution in [3.05, 3.63) is 53.3 Å². The van der Waals surface area contributed by atoms with E-state index in [1.165, 1.54) is 30.3 Å². The van der Waals surface area contributed by atoms with E-state index in [0.717, 1.165) is 0 Å². The van der Waals surface area contributed by atoms with Crippen molar-refractivity contribution < 1.29 is 23.5 Å². The Kier molecular flexibility index (Phi) is 4.66. The smallest absolute Gasteiger partial charge is 0.239 e. The molecule has 7 heteroatoms. The van der Waals surface area contributed by atoms with Crippen molar-refractivity contribution in [3.8, 4) is 11.5 Å². The van der Waals surface area contributed by atoms with E-state index in [-0.39, 0.29) is 22.7 Å². The zero-order chi connectivity index (χ0) is 17.1. The van der Waals surface area contributed by atoms with Crippen LogP contribution in [-0.4, -0.2) is 30.8 Å². The number of nitrogens with one attached hydrogen (secondary N) is 1. The summed E-state index contributed by atoms with van der Waals surface area (Å²) >= 11 is 5.51. The van der Waals surface area contributed by atoms with Gasteiger partial charge in [-0.05, 0) is 18.2 Å². The maximum Gasteiger partial charge on any atom is 0.239 e. The van der Waals surface area contributed by atoms with Crippen LogP contribution in [0.2, 0.25) is 0 Å². The predicted octanol–water partition coefficient (Wildman–Crippen LogP) is 3.01. The topological polar surface area (TPSA) is 64.6 Å². The molecular formula is C17H13ClFNO4. The van der Waals surface area contributed by atoms with E-state index in [4.69, 9.17) is 21.1 Å². The minimum absolute atomic E-state index is 0.0998. The summed E-state index contributed by atoms with van der Waals surface area (Å²) in [5, 5.41) is 2.53. The number of alkyl halides is 1. The Hall–Kier alpha value is -2.60. The van der Waals surface area contributed by atoms with Gasteiger partial charge in [0, 0.05) is 6.07 Å². The number of rotatable bonds is 4. The number of carbonyl (C=O) groups is 2. The fourth-order valence-electron chi connectivity index (χ4n) is 2.35. The van der Waals surface area contributed by atoms with Crippen LogP contribution in [0.15, 0.2) is 36.4 Å². The maximum absolute atomic E-state index is 13.9. The molecule has 3 rings (SSSR count). The zero-order valence-electron chi connectivity index (χ0n) is 12.5. The molecule has 0 saturated heterocycles. The van der Waals surface area contributed by atoms with Crippen molar-refractivity contribution in [1.82, 2.24) is 0 Å². The molecule has 1 amide bonds. The van der Waals surface area contributed by atoms with E-state index in [2.05, 4.69) is 5.32 Å². The molecule has 0 fully saturated rings. The lowest BCUT2D eigenvalue weighted by molar-refractivity contribution is -0.113. The van der Waals surface area contributed by atoms with Gasteiger partial charge in [0.1, 0.15) is 24.9 Å². The normalized spacial score (nSPS) is 12.6. The Morgan fingerprint density at radius 1 is 1.08 bits per heavy atom. The summed E-state index contributed by atoms with van der Waals surface area (Å²) in [6, 6.07) is 8.54. The van der Waals surface area contributed by atoms with Gasteiger partial charge in [0.15, 0.2) is 17.3 Å². The molecule has 5 nitrogen and oxygen atoms in total. The van der Waals surface area contributed by atoms with Crippen LogP contribution in [0.25, 0.3) is 0 Å². The van der Waals surface area contributed by atoms with Gasteiger partial charge in [-0.25, -0.2) is 4.39 Å². The highest BCUT2D eigenvalue weighted by Gasteiger charge is 2.23. The third kappa shape index (κ3) is 3.19. The molecule has 1 N–H and O–H groups in total. The van der Waals surface area contributed by atoms with E-state index in [1.54, 1.807) is 6.07 Å². The first-order valence-electron chi connectivity index (χ1n) is 7.19. The molecule has 0 saturated carbocycles. The lowest BCUT2D eigenvalue weighted by Gasteiger charge is -2.21. The van der Waals surface area contributed by atoms with Gasteiger partial charge in [-0.3, -0.25) is 9.59 Å². The second-order valence-corrected chi connectivity index (χ2v) is 5.30. The lowest BCUT2D eigenvalue weighted by Crippen LogP contribution is -2.19. The summed E-state index contributed by atoms with van der Waals surface area (Å²) in [4.78, 5) is 24.3. The SMILES string of the molecule is O=C(CCl)Nc1cc2c(cc1C(=O)c1ccccc1F)OCCO2. The minimum Gasteiger partial charge on any atom is -0.486 e. The average Bonchev–Trinajstić information content (AvgIpc) is 2.61. The summed E-state index contributed by atoms with van der Waals surface area (Å²) in [6.45, 7) is 0.699. The van der Waals surface area contributed by atoms with E-state index in [9.17, 15) is 14.0 Å². The fraction of sp³-hybridized carbons (Fsp3) is 0.176. The van der Waals surface area contributed by atoms with Crippen molar-refractivity contribution in [2.45, 2.75) is 0 Å². The quantitative estimate of drug-likeness (QED) is 0.680. The first-order valence-corrected chi connectivity index (χ1v) is 7.72. The second kappa shape index (κ2) is 6.88. The van der Waals surface area contributed by atoms with E-state index in [1.807, 2.05) is 0 Å². The number of halogens is 2. The van der Waals surface area contributed by atoms with Gasteiger partial charge in [0.05, 0.1) is 16.8 Å². The Morgan fingerprint density at radius 2 is 1.75 bits per heavy atom. The third-order valence-electron chi connectivity index (χ3n) is 3.44. The third-order valence-corrected chi connectivity index (χ3v) is 3.68. The van der Waals surface area contributed by atoms with Gasteiger partial charge in [-0.1, -0.05) is 12.1 Å². The Bertz CT molecular complexity index is 809. The molecule has 24 heavy (non-hydrogen) atoms. The summed E-state index contributed by atoms with van der Waals surface area (Å²) in [5.74, 6) is -1.22. The summed E-state index contributed by atoms with van der Waals surface area (Å²) in [7, 11) is 0. The predicted molar refractivity (Wildman–Crippen MR) is 86.6 cm³/mol. The Balaban J connectivity index is 2.08. The first kappa shape index (κ1) is 16.3. The van der Waals surface area contributed by atoms with Gasteiger partial charge in [0.25, 0.3) is 0 Å². The molecule has 2 aromatic carbocycles. The maximum atomic E-state index is 13.9. The highest BCUT2D eigenvalue weighted by Crippen LogP contribution is 2.36. The molecule has 0 atom stereocenters. The van der Waals surface area contributed by atoms with Crippen LogP contribution < -0.4 is 14.8 Å². The standard InChI is InChI=1S/C17H13ClFNO4/c18-9-16(21)20-13-8-15-14(23-5-6-24-15)7-11(13)17(22)10-3-1-2-4-12(10)19/h1-4,7-8H,5-6,9H2,(H,20,21). The number of carbonyl (C=O) groups excluding carboxylic acids is 2. The van der Waals surface area contributed by atoms with Crippen molar-refractivity contribution in [2.75, 3.05) is 24.4 Å². The molecule has 1 aliphatic rings. The van der Waals surface area contributed by atoms with Crippen LogP contribution in [0, 0.1) is 5.82 Å². The molecule has 0 bridgehead atoms. The van der Waals surface area contributed by atoms with Gasteiger partial charge in [-0.2, -0.15) is 0 Å². The molecule has 124 valence electrons. The van der Waals surface area contributed by atoms with Crippen molar-refractivity contribution in [3.63, 3.8) is 0 Å². The number of anilines is 1. The monoisotopic (exact) mass is 349 g/mol. The number of ketones is 1. The summed E-state index contributed by atoms with van der Waals surface area (Å²) in [6.07, 6.45) is 0. The number of amides is 1. The number of fused-ring (bicyclic) bond motifs is 1. The summed E-state index contributed by atoms with van der Waals surface area (Å²) in [5.41, 5.74) is 0.191. The van der Waals surface area contributed by atoms with Crippen LogP contribution in [0.5, 0.6) is 11.5 Å². The zero-order valence-corrected chi connectivity index (χ0v) is 13.2. The second-order valence-electron chi connectivity index (χ2n) is 5.03. The van der Waals surface area contributed by atoms with Crippen molar-refractivity contribution in [1.29, 1.82) is 0 Å². The largest absolute Gasteiger partial charge is 0.486 e. The molecule has 0 aliphatic carbocycles. The number of hydrogen-bond donors (Lipinski definition) is 1. The molecular weight excluding hydrogens is 337 g/mol. The molecule has 1 aliphatic heterocycles. The van der Waals surface area contributed by atoms with Gasteiger partial charge >= 0.3 is 0 Å². The van der Waals surface area contributed by atoms with Crippen molar-refractivity contribution in [2.24, 2.45) is 0 Å². The van der Waals surface area contributed by atoms with Crippen molar-refractivity contribution >= 4 is 29.0 Å². The van der Waals surface area contributed by atoms with E-state index < -0.39 is 17.5 Å². The van der Waals surface area contributed by atoms with Crippen LogP contribution in [0.4, 0.5) is 10.1 Å². The number of benzene rings is 2. The van der Waals surface area contributed by atoms with Crippen LogP contribution in [0.3, 0.4) is 0 Å². The summed E-state index contributed by atoms with van der Waals surface area (Å²) < 4.78 is 24.8. The van der Waals surface area contributed by atoms with Crippen LogP contribution in [-0.2, 0) is 4.79 Å². The molecule has 0 aromatic heterocycles. The molecule has 0 radical (unpaired) electrons. The minimum atomic E-state index is -0.646. The van der Waals surface area contributed by atoms with Gasteiger partial charge < -0.3 is 14.8 Å². The molecule has 0 unspecified atom stereocenters. The molecule has 1 heterocycles. The average molecular weight is 350 g/mol.